The molecule has 1 aliphatic rings. The minimum atomic E-state index is -0.806. The average Bonchev–Trinajstić information content (AvgIpc) is 2.26. The van der Waals surface area contributed by atoms with Crippen molar-refractivity contribution in [3.63, 3.8) is 0 Å². The molecule has 0 heterocycles. The molecule has 5 nitrogen and oxygen atoms in total. The summed E-state index contributed by atoms with van der Waals surface area (Å²) < 4.78 is 6.28. The first kappa shape index (κ1) is 86.9. The standard InChI is InChI=1S/C85H166O5/c1-6-9-12-15-18-21-24-27-29-31-32-33-34-39-43-48-53-58-63-68-73-81(84(87)88)83(86)74-69-64-59-54-49-44-40-36-35-38-42-47-51-56-61-66-71-79-76-82(79)77(4)75-80(72-67-62-57-52-46-26-23-20-17-14-11-8-3)85(89)90-78(5)70-65-60-55-50-45-41-37-30-28-25-22-19-16-13-10-7-2/h77-83,86H,6-76H2,1-5H3,(H,87,88)/t77-,78-,79-,80?,81+,82+,83+/m0/s1. The van der Waals surface area contributed by atoms with Gasteiger partial charge in [-0.3, -0.25) is 9.59 Å². The molecular formula is C85H166O5. The Labute approximate surface area is 565 Å². The molecule has 90 heavy (non-hydrogen) atoms. The molecular weight excluding hydrogens is 1100 g/mol. The lowest BCUT2D eigenvalue weighted by molar-refractivity contribution is -0.154. The van der Waals surface area contributed by atoms with Gasteiger partial charge in [0, 0.05) is 0 Å². The molecule has 2 N–H and O–H groups in total. The minimum Gasteiger partial charge on any atom is -0.481 e. The first-order valence-corrected chi connectivity index (χ1v) is 42.4. The first-order chi connectivity index (χ1) is 44.2. The zero-order valence-electron chi connectivity index (χ0n) is 62.4. The van der Waals surface area contributed by atoms with Gasteiger partial charge in [-0.2, -0.15) is 0 Å². The second kappa shape index (κ2) is 69.3. The SMILES string of the molecule is CCCCCCCCCCCCCCCCCCCCCC[C@@H](C(=O)O)[C@H](O)CCCCCCCCCCCCCCCCCC[C@H]1C[C@@H]1[C@@H](C)CC(CCCCCCCCCCCCCC)C(=O)O[C@@H](C)CCCCCCCCCCCCCCCCCC. The molecule has 0 bridgehead atoms. The summed E-state index contributed by atoms with van der Waals surface area (Å²) in [5.41, 5.74) is 0. The highest BCUT2D eigenvalue weighted by Crippen LogP contribution is 2.49. The van der Waals surface area contributed by atoms with Crippen LogP contribution in [0.15, 0.2) is 0 Å². The number of aliphatic hydroxyl groups excluding tert-OH is 1. The van der Waals surface area contributed by atoms with Gasteiger partial charge < -0.3 is 14.9 Å². The fourth-order valence-electron chi connectivity index (χ4n) is 15.4. The van der Waals surface area contributed by atoms with Gasteiger partial charge in [-0.15, -0.1) is 0 Å². The normalized spacial score (nSPS) is 15.8. The molecule has 0 radical (unpaired) electrons. The van der Waals surface area contributed by atoms with E-state index in [2.05, 4.69) is 34.6 Å². The lowest BCUT2D eigenvalue weighted by Gasteiger charge is -2.23. The van der Waals surface area contributed by atoms with E-state index in [0.29, 0.717) is 18.8 Å². The largest absolute Gasteiger partial charge is 0.481 e. The maximum Gasteiger partial charge on any atom is 0.309 e. The third kappa shape index (κ3) is 59.4. The van der Waals surface area contributed by atoms with Crippen LogP contribution in [-0.4, -0.2) is 34.4 Å². The first-order valence-electron chi connectivity index (χ1n) is 42.4. The van der Waals surface area contributed by atoms with Gasteiger partial charge in [0.1, 0.15) is 0 Å². The predicted molar refractivity (Wildman–Crippen MR) is 397 cm³/mol. The van der Waals surface area contributed by atoms with Crippen molar-refractivity contribution < 1.29 is 24.5 Å². The van der Waals surface area contributed by atoms with Crippen molar-refractivity contribution in [2.75, 3.05) is 0 Å². The molecule has 7 atom stereocenters. The molecule has 0 saturated heterocycles. The lowest BCUT2D eigenvalue weighted by atomic mass is 9.87. The van der Waals surface area contributed by atoms with Crippen molar-refractivity contribution in [3.05, 3.63) is 0 Å². The Morgan fingerprint density at radius 2 is 0.578 bits per heavy atom. The topological polar surface area (TPSA) is 83.8 Å². The highest BCUT2D eigenvalue weighted by Gasteiger charge is 2.41. The zero-order chi connectivity index (χ0) is 65.1. The van der Waals surface area contributed by atoms with Crippen molar-refractivity contribution in [2.24, 2.45) is 29.6 Å². The van der Waals surface area contributed by atoms with E-state index in [1.54, 1.807) is 0 Å². The number of carboxylic acid groups (broad SMARTS) is 1. The Kier molecular flexibility index (Phi) is 66.9. The van der Waals surface area contributed by atoms with Gasteiger partial charge in [-0.05, 0) is 69.6 Å². The quantitative estimate of drug-likeness (QED) is 0.0468. The Hall–Kier alpha value is -1.10. The molecule has 0 spiro atoms. The molecule has 1 rings (SSSR count). The smallest absolute Gasteiger partial charge is 0.309 e. The van der Waals surface area contributed by atoms with Gasteiger partial charge in [0.2, 0.25) is 0 Å². The van der Waals surface area contributed by atoms with E-state index in [1.165, 1.54) is 398 Å². The van der Waals surface area contributed by atoms with E-state index in [4.69, 9.17) is 4.74 Å². The summed E-state index contributed by atoms with van der Waals surface area (Å²) in [6.07, 6.45) is 93.2. The van der Waals surface area contributed by atoms with Gasteiger partial charge in [-0.1, -0.05) is 439 Å². The van der Waals surface area contributed by atoms with Crippen LogP contribution in [0.3, 0.4) is 0 Å². The van der Waals surface area contributed by atoms with E-state index in [-0.39, 0.29) is 18.0 Å². The van der Waals surface area contributed by atoms with Crippen LogP contribution < -0.4 is 0 Å². The number of hydrogen-bond acceptors (Lipinski definition) is 4. The van der Waals surface area contributed by atoms with Gasteiger partial charge in [0.15, 0.2) is 0 Å². The zero-order valence-corrected chi connectivity index (χ0v) is 62.4. The van der Waals surface area contributed by atoms with Gasteiger partial charge in [0.05, 0.1) is 24.0 Å². The molecule has 5 heteroatoms. The summed E-state index contributed by atoms with van der Waals surface area (Å²) in [7, 11) is 0. The number of aliphatic carboxylic acids is 1. The Bertz CT molecular complexity index is 1430. The molecule has 0 aromatic heterocycles. The number of hydrogen-bond donors (Lipinski definition) is 2. The van der Waals surface area contributed by atoms with Crippen LogP contribution in [0.1, 0.15) is 490 Å². The minimum absolute atomic E-state index is 0.0473. The van der Waals surface area contributed by atoms with Crippen LogP contribution in [0.25, 0.3) is 0 Å². The number of carbonyl (C=O) groups is 2. The third-order valence-electron chi connectivity index (χ3n) is 21.9. The summed E-state index contributed by atoms with van der Waals surface area (Å²) in [6.45, 7) is 11.5. The number of esters is 1. The van der Waals surface area contributed by atoms with Crippen LogP contribution in [0, 0.1) is 29.6 Å². The molecule has 0 amide bonds. The third-order valence-corrected chi connectivity index (χ3v) is 21.9. The summed E-state index contributed by atoms with van der Waals surface area (Å²) in [4.78, 5) is 25.9. The summed E-state index contributed by atoms with van der Waals surface area (Å²) >= 11 is 0. The lowest BCUT2D eigenvalue weighted by Crippen LogP contribution is -2.28. The second-order valence-electron chi connectivity index (χ2n) is 30.8. The molecule has 1 saturated carbocycles. The summed E-state index contributed by atoms with van der Waals surface area (Å²) in [6, 6.07) is 0. The van der Waals surface area contributed by atoms with E-state index < -0.39 is 18.0 Å². The van der Waals surface area contributed by atoms with Crippen LogP contribution in [0.2, 0.25) is 0 Å². The monoisotopic (exact) mass is 1270 g/mol. The van der Waals surface area contributed by atoms with Crippen molar-refractivity contribution in [1.82, 2.24) is 0 Å². The highest BCUT2D eigenvalue weighted by atomic mass is 16.5. The van der Waals surface area contributed by atoms with Gasteiger partial charge in [-0.25, -0.2) is 0 Å². The Morgan fingerprint density at radius 1 is 0.333 bits per heavy atom. The highest BCUT2D eigenvalue weighted by molar-refractivity contribution is 5.72. The molecule has 0 aliphatic heterocycles. The number of carboxylic acids is 1. The molecule has 1 aliphatic carbocycles. The van der Waals surface area contributed by atoms with Crippen LogP contribution in [0.5, 0.6) is 0 Å². The molecule has 536 valence electrons. The van der Waals surface area contributed by atoms with E-state index in [1.807, 2.05) is 0 Å². The molecule has 0 aromatic carbocycles. The maximum absolute atomic E-state index is 13.8. The maximum atomic E-state index is 13.8. The predicted octanol–water partition coefficient (Wildman–Crippen LogP) is 29.2. The number of carbonyl (C=O) groups excluding carboxylic acids is 1. The number of ether oxygens (including phenoxy) is 1. The van der Waals surface area contributed by atoms with E-state index >= 15 is 0 Å². The fraction of sp³-hybridized carbons (Fsp3) is 0.976. The number of unbranched alkanes of at least 4 members (excludes halogenated alkanes) is 60. The van der Waals surface area contributed by atoms with Crippen molar-refractivity contribution in [2.45, 2.75) is 503 Å². The number of aliphatic hydroxyl groups is 1. The molecule has 1 unspecified atom stereocenters. The average molecular weight is 1270 g/mol. The van der Waals surface area contributed by atoms with Crippen LogP contribution in [0.4, 0.5) is 0 Å². The Balaban J connectivity index is 2.11. The second-order valence-corrected chi connectivity index (χ2v) is 30.8. The fourth-order valence-corrected chi connectivity index (χ4v) is 15.4. The van der Waals surface area contributed by atoms with Gasteiger partial charge >= 0.3 is 11.9 Å². The van der Waals surface area contributed by atoms with Crippen molar-refractivity contribution in [1.29, 1.82) is 0 Å². The van der Waals surface area contributed by atoms with Crippen molar-refractivity contribution in [3.8, 4) is 0 Å². The summed E-state index contributed by atoms with van der Waals surface area (Å²) in [5.74, 6) is 1.15. The van der Waals surface area contributed by atoms with Crippen LogP contribution >= 0.6 is 0 Å². The van der Waals surface area contributed by atoms with E-state index in [9.17, 15) is 19.8 Å². The summed E-state index contributed by atoms with van der Waals surface area (Å²) in [5, 5.41) is 20.6. The molecule has 1 fully saturated rings. The number of rotatable bonds is 77. The molecule has 0 aromatic rings. The Morgan fingerprint density at radius 3 is 0.867 bits per heavy atom. The van der Waals surface area contributed by atoms with Crippen molar-refractivity contribution >= 4 is 11.9 Å². The van der Waals surface area contributed by atoms with Crippen LogP contribution in [-0.2, 0) is 14.3 Å². The van der Waals surface area contributed by atoms with E-state index in [0.717, 1.165) is 56.8 Å². The van der Waals surface area contributed by atoms with Gasteiger partial charge in [0.25, 0.3) is 0 Å².